The Bertz CT molecular complexity index is 811. The highest BCUT2D eigenvalue weighted by Crippen LogP contribution is 2.41. The van der Waals surface area contributed by atoms with Gasteiger partial charge in [-0.2, -0.15) is 0 Å². The standard InChI is InChI=1S/C22H28BrN3O3/c1-15-21(16-2-4-17(23)5-3-16)22(25-24-15)19-7-6-18(14-20(19)27)29-13-10-26-8-11-28-12-9-26/h2-7,14-15,21-22,24-25,27H,8-13H2,1H3. The molecule has 2 saturated heterocycles. The third-order valence-electron chi connectivity index (χ3n) is 5.74. The van der Waals surface area contributed by atoms with Crippen molar-refractivity contribution >= 4 is 15.9 Å². The summed E-state index contributed by atoms with van der Waals surface area (Å²) < 4.78 is 12.3. The molecule has 2 aliphatic heterocycles. The van der Waals surface area contributed by atoms with Gasteiger partial charge >= 0.3 is 0 Å². The summed E-state index contributed by atoms with van der Waals surface area (Å²) in [7, 11) is 0. The summed E-state index contributed by atoms with van der Waals surface area (Å²) in [6.45, 7) is 7.09. The third kappa shape index (κ3) is 4.92. The number of phenols is 1. The first-order valence-corrected chi connectivity index (χ1v) is 10.9. The van der Waals surface area contributed by atoms with Gasteiger partial charge in [0.25, 0.3) is 0 Å². The van der Waals surface area contributed by atoms with E-state index in [9.17, 15) is 5.11 Å². The summed E-state index contributed by atoms with van der Waals surface area (Å²) in [4.78, 5) is 2.33. The molecule has 0 radical (unpaired) electrons. The van der Waals surface area contributed by atoms with Crippen molar-refractivity contribution in [3.63, 3.8) is 0 Å². The number of hydrogen-bond donors (Lipinski definition) is 3. The zero-order valence-corrected chi connectivity index (χ0v) is 18.2. The molecule has 3 atom stereocenters. The van der Waals surface area contributed by atoms with Crippen LogP contribution in [0.25, 0.3) is 0 Å². The highest BCUT2D eigenvalue weighted by Gasteiger charge is 2.36. The van der Waals surface area contributed by atoms with Crippen LogP contribution in [0.1, 0.15) is 30.0 Å². The first kappa shape index (κ1) is 20.6. The highest BCUT2D eigenvalue weighted by atomic mass is 79.9. The smallest absolute Gasteiger partial charge is 0.124 e. The van der Waals surface area contributed by atoms with E-state index in [4.69, 9.17) is 9.47 Å². The average Bonchev–Trinajstić information content (AvgIpc) is 3.11. The molecule has 2 heterocycles. The molecule has 0 aromatic heterocycles. The molecule has 7 heteroatoms. The van der Waals surface area contributed by atoms with Crippen LogP contribution in [-0.2, 0) is 4.74 Å². The van der Waals surface area contributed by atoms with E-state index in [1.165, 1.54) is 5.56 Å². The molecular formula is C22H28BrN3O3. The van der Waals surface area contributed by atoms with Gasteiger partial charge in [-0.1, -0.05) is 34.1 Å². The Hall–Kier alpha value is -1.64. The molecule has 2 aliphatic rings. The Balaban J connectivity index is 1.43. The molecule has 4 rings (SSSR count). The third-order valence-corrected chi connectivity index (χ3v) is 6.26. The van der Waals surface area contributed by atoms with Crippen LogP contribution in [-0.4, -0.2) is 55.5 Å². The molecular weight excluding hydrogens is 434 g/mol. The second-order valence-corrected chi connectivity index (χ2v) is 8.57. The maximum Gasteiger partial charge on any atom is 0.124 e. The van der Waals surface area contributed by atoms with E-state index in [0.29, 0.717) is 12.4 Å². The van der Waals surface area contributed by atoms with Crippen molar-refractivity contribution in [3.05, 3.63) is 58.1 Å². The first-order valence-electron chi connectivity index (χ1n) is 10.1. The fourth-order valence-electron chi connectivity index (χ4n) is 4.12. The number of ether oxygens (including phenoxy) is 2. The maximum absolute atomic E-state index is 10.7. The van der Waals surface area contributed by atoms with Crippen LogP contribution in [0, 0.1) is 0 Å². The second-order valence-electron chi connectivity index (χ2n) is 7.66. The number of benzene rings is 2. The van der Waals surface area contributed by atoms with Gasteiger partial charge in [-0.15, -0.1) is 0 Å². The van der Waals surface area contributed by atoms with Crippen LogP contribution >= 0.6 is 15.9 Å². The van der Waals surface area contributed by atoms with Crippen molar-refractivity contribution in [1.82, 2.24) is 15.8 Å². The monoisotopic (exact) mass is 461 g/mol. The van der Waals surface area contributed by atoms with E-state index in [0.717, 1.165) is 42.9 Å². The Labute approximate surface area is 180 Å². The van der Waals surface area contributed by atoms with Crippen molar-refractivity contribution in [2.45, 2.75) is 24.9 Å². The minimum absolute atomic E-state index is 0.0198. The van der Waals surface area contributed by atoms with Gasteiger partial charge in [0.1, 0.15) is 18.1 Å². The number of morpholine rings is 1. The predicted molar refractivity (Wildman–Crippen MR) is 116 cm³/mol. The molecule has 156 valence electrons. The van der Waals surface area contributed by atoms with Crippen molar-refractivity contribution in [3.8, 4) is 11.5 Å². The first-order chi connectivity index (χ1) is 14.1. The van der Waals surface area contributed by atoms with Gasteiger partial charge in [0.05, 0.1) is 19.3 Å². The van der Waals surface area contributed by atoms with Gasteiger partial charge in [0.2, 0.25) is 0 Å². The fourth-order valence-corrected chi connectivity index (χ4v) is 4.38. The van der Waals surface area contributed by atoms with Crippen molar-refractivity contribution in [2.24, 2.45) is 0 Å². The molecule has 2 fully saturated rings. The number of rotatable bonds is 6. The minimum atomic E-state index is -0.0198. The number of aromatic hydroxyl groups is 1. The van der Waals surface area contributed by atoms with Gasteiger partial charge in [-0.25, -0.2) is 5.43 Å². The topological polar surface area (TPSA) is 66.0 Å². The minimum Gasteiger partial charge on any atom is -0.507 e. The summed E-state index contributed by atoms with van der Waals surface area (Å²) in [5.41, 5.74) is 8.78. The Morgan fingerprint density at radius 3 is 2.62 bits per heavy atom. The Morgan fingerprint density at radius 2 is 1.90 bits per heavy atom. The molecule has 2 aromatic carbocycles. The summed E-state index contributed by atoms with van der Waals surface area (Å²) in [5, 5.41) is 10.7. The lowest BCUT2D eigenvalue weighted by Gasteiger charge is -2.26. The van der Waals surface area contributed by atoms with Crippen LogP contribution in [0.5, 0.6) is 11.5 Å². The largest absolute Gasteiger partial charge is 0.507 e. The van der Waals surface area contributed by atoms with Crippen LogP contribution in [0.3, 0.4) is 0 Å². The number of hydrazine groups is 1. The van der Waals surface area contributed by atoms with Gasteiger partial charge in [0.15, 0.2) is 0 Å². The number of hydrogen-bond acceptors (Lipinski definition) is 6. The Morgan fingerprint density at radius 1 is 1.14 bits per heavy atom. The summed E-state index contributed by atoms with van der Waals surface area (Å²) >= 11 is 3.50. The van der Waals surface area contributed by atoms with Crippen molar-refractivity contribution < 1.29 is 14.6 Å². The number of nitrogens with one attached hydrogen (secondary N) is 2. The quantitative estimate of drug-likeness (QED) is 0.613. The maximum atomic E-state index is 10.7. The van der Waals surface area contributed by atoms with Crippen LogP contribution in [0.4, 0.5) is 0 Å². The van der Waals surface area contributed by atoms with Gasteiger partial charge in [0, 0.05) is 47.7 Å². The van der Waals surface area contributed by atoms with Crippen LogP contribution < -0.4 is 15.6 Å². The molecule has 0 spiro atoms. The van der Waals surface area contributed by atoms with E-state index in [1.54, 1.807) is 6.07 Å². The van der Waals surface area contributed by atoms with Crippen LogP contribution in [0.2, 0.25) is 0 Å². The predicted octanol–water partition coefficient (Wildman–Crippen LogP) is 3.19. The molecule has 0 saturated carbocycles. The zero-order chi connectivity index (χ0) is 20.2. The summed E-state index contributed by atoms with van der Waals surface area (Å²) in [5.74, 6) is 1.16. The average molecular weight is 462 g/mol. The normalized spacial score (nSPS) is 25.2. The zero-order valence-electron chi connectivity index (χ0n) is 16.6. The molecule has 0 bridgehead atoms. The van der Waals surface area contributed by atoms with Crippen molar-refractivity contribution in [2.75, 3.05) is 39.5 Å². The molecule has 0 aliphatic carbocycles. The summed E-state index contributed by atoms with van der Waals surface area (Å²) in [6, 6.07) is 14.2. The Kier molecular flexibility index (Phi) is 6.72. The van der Waals surface area contributed by atoms with Crippen LogP contribution in [0.15, 0.2) is 46.9 Å². The number of phenolic OH excluding ortho intramolecular Hbond substituents is 1. The molecule has 0 amide bonds. The van der Waals surface area contributed by atoms with Gasteiger partial charge in [-0.3, -0.25) is 10.3 Å². The molecule has 3 unspecified atom stereocenters. The SMILES string of the molecule is CC1NNC(c2ccc(OCCN3CCOCC3)cc2O)C1c1ccc(Br)cc1. The van der Waals surface area contributed by atoms with Gasteiger partial charge < -0.3 is 14.6 Å². The van der Waals surface area contributed by atoms with Crippen molar-refractivity contribution in [1.29, 1.82) is 0 Å². The lowest BCUT2D eigenvalue weighted by atomic mass is 9.84. The van der Waals surface area contributed by atoms with E-state index >= 15 is 0 Å². The van der Waals surface area contributed by atoms with E-state index in [1.807, 2.05) is 12.1 Å². The second kappa shape index (κ2) is 9.45. The van der Waals surface area contributed by atoms with E-state index in [-0.39, 0.29) is 23.8 Å². The highest BCUT2D eigenvalue weighted by molar-refractivity contribution is 9.10. The summed E-state index contributed by atoms with van der Waals surface area (Å²) in [6.07, 6.45) is 0. The molecule has 6 nitrogen and oxygen atoms in total. The van der Waals surface area contributed by atoms with Gasteiger partial charge in [-0.05, 0) is 30.7 Å². The lowest BCUT2D eigenvalue weighted by Crippen LogP contribution is -2.38. The van der Waals surface area contributed by atoms with E-state index < -0.39 is 0 Å². The number of nitrogens with zero attached hydrogens (tertiary/aromatic N) is 1. The molecule has 29 heavy (non-hydrogen) atoms. The molecule has 3 N–H and O–H groups in total. The lowest BCUT2D eigenvalue weighted by molar-refractivity contribution is 0.0322. The number of halogens is 1. The van der Waals surface area contributed by atoms with E-state index in [2.05, 4.69) is 62.9 Å². The molecule has 2 aromatic rings. The fraction of sp³-hybridized carbons (Fsp3) is 0.455.